The molecule has 0 saturated carbocycles. The lowest BCUT2D eigenvalue weighted by Crippen LogP contribution is -2.65. The fourth-order valence-electron chi connectivity index (χ4n) is 1.11. The van der Waals surface area contributed by atoms with Gasteiger partial charge < -0.3 is 15.5 Å². The van der Waals surface area contributed by atoms with Gasteiger partial charge in [0.15, 0.2) is 0 Å². The number of hydrogen-bond acceptors (Lipinski definition) is 3. The summed E-state index contributed by atoms with van der Waals surface area (Å²) in [6.45, 7) is 1.40. The minimum absolute atomic E-state index is 0.396. The number of carbonyl (C=O) groups is 2. The average molecular weight is 159 g/mol. The Balaban J connectivity index is 2.62. The van der Waals surface area contributed by atoms with Crippen molar-refractivity contribution in [3.8, 4) is 0 Å². The van der Waals surface area contributed by atoms with E-state index in [0.717, 1.165) is 0 Å². The molecule has 1 fully saturated rings. The van der Waals surface area contributed by atoms with Crippen molar-refractivity contribution in [2.45, 2.75) is 19.1 Å². The van der Waals surface area contributed by atoms with Crippen molar-refractivity contribution >= 4 is 11.9 Å². The van der Waals surface area contributed by atoms with Crippen LogP contribution < -0.4 is 5.32 Å². The topological polar surface area (TPSA) is 86.6 Å². The van der Waals surface area contributed by atoms with Crippen LogP contribution in [0.2, 0.25) is 0 Å². The van der Waals surface area contributed by atoms with Crippen molar-refractivity contribution in [3.63, 3.8) is 0 Å². The quantitative estimate of drug-likeness (QED) is 0.431. The molecular weight excluding hydrogens is 150 g/mol. The Kier molecular flexibility index (Phi) is 1.82. The van der Waals surface area contributed by atoms with E-state index < -0.39 is 29.9 Å². The first-order valence-corrected chi connectivity index (χ1v) is 3.25. The van der Waals surface area contributed by atoms with E-state index in [4.69, 9.17) is 10.2 Å². The molecular formula is C6H9NO4. The van der Waals surface area contributed by atoms with Gasteiger partial charge in [-0.1, -0.05) is 0 Å². The van der Waals surface area contributed by atoms with E-state index in [2.05, 4.69) is 5.32 Å². The zero-order chi connectivity index (χ0) is 8.59. The number of carbonyl (C=O) groups excluding carboxylic acids is 1. The van der Waals surface area contributed by atoms with Gasteiger partial charge in [0.05, 0.1) is 12.0 Å². The Hall–Kier alpha value is -1.10. The molecule has 0 bridgehead atoms. The first-order chi connectivity index (χ1) is 5.04. The number of hydrogen-bond donors (Lipinski definition) is 3. The van der Waals surface area contributed by atoms with Gasteiger partial charge in [-0.2, -0.15) is 0 Å². The molecule has 1 aliphatic rings. The van der Waals surface area contributed by atoms with E-state index in [0.29, 0.717) is 0 Å². The molecule has 0 aromatic carbocycles. The van der Waals surface area contributed by atoms with Crippen molar-refractivity contribution in [1.29, 1.82) is 0 Å². The molecule has 3 atom stereocenters. The molecule has 1 aliphatic heterocycles. The average Bonchev–Trinajstić information content (AvgIpc) is 1.80. The summed E-state index contributed by atoms with van der Waals surface area (Å²) in [4.78, 5) is 21.0. The first-order valence-electron chi connectivity index (χ1n) is 3.25. The SMILES string of the molecule is C[C@H](O)C1C(=O)NC1C(=O)O. The third kappa shape index (κ3) is 1.19. The molecule has 0 radical (unpaired) electrons. The Morgan fingerprint density at radius 1 is 1.73 bits per heavy atom. The van der Waals surface area contributed by atoms with E-state index in [9.17, 15) is 9.59 Å². The van der Waals surface area contributed by atoms with Crippen LogP contribution in [0, 0.1) is 5.92 Å². The molecule has 1 heterocycles. The molecule has 1 rings (SSSR count). The number of nitrogens with one attached hydrogen (secondary N) is 1. The van der Waals surface area contributed by atoms with Crippen LogP contribution in [0.3, 0.4) is 0 Å². The summed E-state index contributed by atoms with van der Waals surface area (Å²) in [6, 6.07) is -0.914. The Morgan fingerprint density at radius 2 is 2.27 bits per heavy atom. The van der Waals surface area contributed by atoms with Crippen LogP contribution in [0.15, 0.2) is 0 Å². The second-order valence-corrected chi connectivity index (χ2v) is 2.59. The van der Waals surface area contributed by atoms with Gasteiger partial charge in [-0.3, -0.25) is 4.79 Å². The van der Waals surface area contributed by atoms with Crippen LogP contribution in [0.5, 0.6) is 0 Å². The number of aliphatic carboxylic acids is 1. The number of β-lactam (4-membered cyclic amide) rings is 1. The van der Waals surface area contributed by atoms with Gasteiger partial charge in [0.1, 0.15) is 6.04 Å². The number of aliphatic hydroxyl groups excluding tert-OH is 1. The van der Waals surface area contributed by atoms with Gasteiger partial charge in [-0.25, -0.2) is 4.79 Å². The van der Waals surface area contributed by atoms with Crippen molar-refractivity contribution in [2.75, 3.05) is 0 Å². The monoisotopic (exact) mass is 159 g/mol. The van der Waals surface area contributed by atoms with Gasteiger partial charge in [0, 0.05) is 0 Å². The number of carboxylic acid groups (broad SMARTS) is 1. The fourth-order valence-corrected chi connectivity index (χ4v) is 1.11. The molecule has 11 heavy (non-hydrogen) atoms. The standard InChI is InChI=1S/C6H9NO4/c1-2(8)3-4(6(10)11)7-5(3)9/h2-4,8H,1H3,(H,7,9)(H,10,11)/t2-,3?,4?/m0/s1. The fraction of sp³-hybridized carbons (Fsp3) is 0.667. The van der Waals surface area contributed by atoms with Crippen molar-refractivity contribution < 1.29 is 19.8 Å². The van der Waals surface area contributed by atoms with E-state index in [1.54, 1.807) is 0 Å². The van der Waals surface area contributed by atoms with Gasteiger partial charge >= 0.3 is 5.97 Å². The first kappa shape index (κ1) is 8.00. The normalized spacial score (nSPS) is 32.0. The summed E-state index contributed by atoms with van der Waals surface area (Å²) in [7, 11) is 0. The summed E-state index contributed by atoms with van der Waals surface area (Å²) >= 11 is 0. The second kappa shape index (κ2) is 2.50. The summed E-state index contributed by atoms with van der Waals surface area (Å²) < 4.78 is 0. The van der Waals surface area contributed by atoms with Crippen molar-refractivity contribution in [1.82, 2.24) is 5.32 Å². The largest absolute Gasteiger partial charge is 0.480 e. The smallest absolute Gasteiger partial charge is 0.327 e. The van der Waals surface area contributed by atoms with E-state index in [-0.39, 0.29) is 0 Å². The maximum absolute atomic E-state index is 10.7. The van der Waals surface area contributed by atoms with Crippen LogP contribution in [-0.2, 0) is 9.59 Å². The molecule has 5 nitrogen and oxygen atoms in total. The molecule has 0 spiro atoms. The van der Waals surface area contributed by atoms with Crippen LogP contribution in [0.1, 0.15) is 6.92 Å². The highest BCUT2D eigenvalue weighted by atomic mass is 16.4. The highest BCUT2D eigenvalue weighted by Crippen LogP contribution is 2.18. The Bertz CT molecular complexity index is 201. The van der Waals surface area contributed by atoms with E-state index in [1.165, 1.54) is 6.92 Å². The lowest BCUT2D eigenvalue weighted by atomic mass is 9.86. The van der Waals surface area contributed by atoms with Gasteiger partial charge in [0.25, 0.3) is 0 Å². The lowest BCUT2D eigenvalue weighted by molar-refractivity contribution is -0.157. The molecule has 62 valence electrons. The van der Waals surface area contributed by atoms with E-state index in [1.807, 2.05) is 0 Å². The Morgan fingerprint density at radius 3 is 2.45 bits per heavy atom. The summed E-state index contributed by atoms with van der Waals surface area (Å²) in [5.74, 6) is -2.28. The molecule has 0 aromatic rings. The van der Waals surface area contributed by atoms with Crippen LogP contribution in [-0.4, -0.2) is 34.2 Å². The number of amides is 1. The molecule has 2 unspecified atom stereocenters. The number of aliphatic hydroxyl groups is 1. The maximum atomic E-state index is 10.7. The zero-order valence-electron chi connectivity index (χ0n) is 5.94. The van der Waals surface area contributed by atoms with Gasteiger partial charge in [-0.15, -0.1) is 0 Å². The molecule has 5 heteroatoms. The molecule has 1 saturated heterocycles. The number of carboxylic acids is 1. The zero-order valence-corrected chi connectivity index (χ0v) is 5.94. The summed E-state index contributed by atoms with van der Waals surface area (Å²) in [5.41, 5.74) is 0. The number of rotatable bonds is 2. The predicted octanol–water partition coefficient (Wildman–Crippen LogP) is -1.43. The molecule has 1 amide bonds. The molecule has 0 aliphatic carbocycles. The van der Waals surface area contributed by atoms with Gasteiger partial charge in [0.2, 0.25) is 5.91 Å². The highest BCUT2D eigenvalue weighted by molar-refractivity contribution is 5.96. The molecule has 3 N–H and O–H groups in total. The highest BCUT2D eigenvalue weighted by Gasteiger charge is 2.46. The third-order valence-electron chi connectivity index (χ3n) is 1.75. The van der Waals surface area contributed by atoms with Gasteiger partial charge in [-0.05, 0) is 6.92 Å². The summed E-state index contributed by atoms with van der Waals surface area (Å²) in [6.07, 6.45) is -0.898. The predicted molar refractivity (Wildman–Crippen MR) is 34.7 cm³/mol. The molecule has 0 aromatic heterocycles. The van der Waals surface area contributed by atoms with Crippen LogP contribution >= 0.6 is 0 Å². The summed E-state index contributed by atoms with van der Waals surface area (Å²) in [5, 5.41) is 19.6. The maximum Gasteiger partial charge on any atom is 0.327 e. The lowest BCUT2D eigenvalue weighted by Gasteiger charge is -2.35. The Labute approximate surface area is 63.0 Å². The third-order valence-corrected chi connectivity index (χ3v) is 1.75. The van der Waals surface area contributed by atoms with E-state index >= 15 is 0 Å². The minimum atomic E-state index is -1.10. The van der Waals surface area contributed by atoms with Crippen molar-refractivity contribution in [3.05, 3.63) is 0 Å². The van der Waals surface area contributed by atoms with Crippen LogP contribution in [0.25, 0.3) is 0 Å². The van der Waals surface area contributed by atoms with Crippen molar-refractivity contribution in [2.24, 2.45) is 5.92 Å². The van der Waals surface area contributed by atoms with Crippen LogP contribution in [0.4, 0.5) is 0 Å². The minimum Gasteiger partial charge on any atom is -0.480 e. The second-order valence-electron chi connectivity index (χ2n) is 2.59.